The first-order valence-corrected chi connectivity index (χ1v) is 11.4. The van der Waals surface area contributed by atoms with Gasteiger partial charge in [-0.25, -0.2) is 0 Å². The highest BCUT2D eigenvalue weighted by Gasteiger charge is 2.82. The van der Waals surface area contributed by atoms with E-state index in [1.54, 1.807) is 6.92 Å². The SMILES string of the molecule is CCC(C)C(=O)OCC1(C)OC(C23CC4CC(CC(C4)C2)C3)OC(O)(C(F)(F)F)C1(F)F. The smallest absolute Gasteiger partial charge is 0.449 e. The van der Waals surface area contributed by atoms with Gasteiger partial charge in [0.15, 0.2) is 11.9 Å². The van der Waals surface area contributed by atoms with Crippen molar-refractivity contribution in [3.63, 3.8) is 0 Å². The normalized spacial score (nSPS) is 46.2. The second-order valence-corrected chi connectivity index (χ2v) is 10.7. The van der Waals surface area contributed by atoms with Gasteiger partial charge in [-0.1, -0.05) is 13.8 Å². The fourth-order valence-corrected chi connectivity index (χ4v) is 6.53. The van der Waals surface area contributed by atoms with Crippen molar-refractivity contribution in [1.82, 2.24) is 0 Å². The molecule has 4 saturated carbocycles. The molecule has 1 aliphatic heterocycles. The molecule has 32 heavy (non-hydrogen) atoms. The maximum absolute atomic E-state index is 15.3. The standard InChI is InChI=1S/C22H31F5O5/c1-4-12(2)16(28)30-11-18(3)20(23,24)21(29,22(25,26)27)32-17(31-18)19-8-13-5-14(9-19)7-15(6-13)10-19/h12-15,17,29H,4-11H2,1-3H3. The quantitative estimate of drug-likeness (QED) is 0.462. The van der Waals surface area contributed by atoms with E-state index in [0.717, 1.165) is 26.2 Å². The Morgan fingerprint density at radius 1 is 1.09 bits per heavy atom. The largest absolute Gasteiger partial charge is 0.462 e. The van der Waals surface area contributed by atoms with E-state index in [-0.39, 0.29) is 17.8 Å². The fraction of sp³-hybridized carbons (Fsp3) is 0.955. The molecule has 4 unspecified atom stereocenters. The molecule has 0 aromatic carbocycles. The van der Waals surface area contributed by atoms with Crippen LogP contribution >= 0.6 is 0 Å². The Hall–Kier alpha value is -1.00. The second-order valence-electron chi connectivity index (χ2n) is 10.7. The third-order valence-electron chi connectivity index (χ3n) is 8.21. The summed E-state index contributed by atoms with van der Waals surface area (Å²) < 4.78 is 87.6. The molecule has 0 amide bonds. The predicted molar refractivity (Wildman–Crippen MR) is 101 cm³/mol. The van der Waals surface area contributed by atoms with Crippen LogP contribution in [0.4, 0.5) is 22.0 Å². The lowest BCUT2D eigenvalue weighted by molar-refractivity contribution is -0.535. The van der Waals surface area contributed by atoms with Crippen LogP contribution in [-0.4, -0.2) is 47.5 Å². The van der Waals surface area contributed by atoms with E-state index < -0.39 is 53.7 Å². The van der Waals surface area contributed by atoms with Crippen molar-refractivity contribution in [2.75, 3.05) is 6.61 Å². The van der Waals surface area contributed by atoms with E-state index in [1.165, 1.54) is 6.92 Å². The summed E-state index contributed by atoms with van der Waals surface area (Å²) in [5.41, 5.74) is -3.81. The highest BCUT2D eigenvalue weighted by atomic mass is 19.4. The van der Waals surface area contributed by atoms with E-state index in [4.69, 9.17) is 14.2 Å². The van der Waals surface area contributed by atoms with Crippen LogP contribution in [-0.2, 0) is 19.0 Å². The molecule has 0 spiro atoms. The summed E-state index contributed by atoms with van der Waals surface area (Å²) in [6, 6.07) is 0. The Kier molecular flexibility index (Phi) is 5.66. The first-order chi connectivity index (χ1) is 14.7. The van der Waals surface area contributed by atoms with Crippen LogP contribution in [0.3, 0.4) is 0 Å². The van der Waals surface area contributed by atoms with Crippen molar-refractivity contribution >= 4 is 5.97 Å². The van der Waals surface area contributed by atoms with Crippen molar-refractivity contribution in [2.24, 2.45) is 29.1 Å². The third kappa shape index (κ3) is 3.47. The molecule has 1 N–H and O–H groups in total. The average molecular weight is 470 g/mol. The van der Waals surface area contributed by atoms with Gasteiger partial charge in [0.25, 0.3) is 0 Å². The molecular formula is C22H31F5O5. The van der Waals surface area contributed by atoms with E-state index >= 15 is 8.78 Å². The minimum atomic E-state index is -5.79. The molecule has 0 aromatic heterocycles. The number of hydrogen-bond acceptors (Lipinski definition) is 5. The van der Waals surface area contributed by atoms with Crippen LogP contribution in [0.1, 0.15) is 65.7 Å². The predicted octanol–water partition coefficient (Wildman–Crippen LogP) is 4.81. The minimum absolute atomic E-state index is 0.282. The summed E-state index contributed by atoms with van der Waals surface area (Å²) in [5, 5.41) is 10.3. The first kappa shape index (κ1) is 24.1. The number of carbonyl (C=O) groups is 1. The van der Waals surface area contributed by atoms with Gasteiger partial charge in [-0.3, -0.25) is 4.79 Å². The Morgan fingerprint density at radius 2 is 1.59 bits per heavy atom. The summed E-state index contributed by atoms with van der Waals surface area (Å²) in [6.45, 7) is 2.84. The van der Waals surface area contributed by atoms with Crippen LogP contribution in [0.2, 0.25) is 0 Å². The van der Waals surface area contributed by atoms with Gasteiger partial charge in [-0.2, -0.15) is 22.0 Å². The van der Waals surface area contributed by atoms with Gasteiger partial charge in [0.1, 0.15) is 6.61 Å². The number of carbonyl (C=O) groups excluding carboxylic acids is 1. The molecule has 1 heterocycles. The maximum atomic E-state index is 15.3. The molecular weight excluding hydrogens is 439 g/mol. The van der Waals surface area contributed by atoms with Crippen LogP contribution in [0.25, 0.3) is 0 Å². The van der Waals surface area contributed by atoms with Crippen molar-refractivity contribution < 1.29 is 46.1 Å². The average Bonchev–Trinajstić information content (AvgIpc) is 2.67. The molecule has 5 fully saturated rings. The van der Waals surface area contributed by atoms with E-state index in [1.807, 2.05) is 0 Å². The highest BCUT2D eigenvalue weighted by Crippen LogP contribution is 2.65. The molecule has 5 nitrogen and oxygen atoms in total. The number of aliphatic hydroxyl groups is 1. The maximum Gasteiger partial charge on any atom is 0.449 e. The second kappa shape index (κ2) is 7.50. The molecule has 4 aliphatic carbocycles. The minimum Gasteiger partial charge on any atom is -0.462 e. The zero-order valence-electron chi connectivity index (χ0n) is 18.5. The van der Waals surface area contributed by atoms with Gasteiger partial charge in [-0.05, 0) is 69.6 Å². The van der Waals surface area contributed by atoms with Crippen molar-refractivity contribution in [1.29, 1.82) is 0 Å². The van der Waals surface area contributed by atoms with Gasteiger partial charge in [0.2, 0.25) is 0 Å². The molecule has 10 heteroatoms. The molecule has 4 bridgehead atoms. The summed E-state index contributed by atoms with van der Waals surface area (Å²) in [4.78, 5) is 12.1. The van der Waals surface area contributed by atoms with Gasteiger partial charge >= 0.3 is 23.9 Å². The molecule has 4 atom stereocenters. The van der Waals surface area contributed by atoms with Crippen molar-refractivity contribution in [3.8, 4) is 0 Å². The zero-order valence-corrected chi connectivity index (χ0v) is 18.5. The van der Waals surface area contributed by atoms with E-state index in [9.17, 15) is 23.1 Å². The first-order valence-electron chi connectivity index (χ1n) is 11.4. The molecule has 184 valence electrons. The number of halogens is 5. The Balaban J connectivity index is 1.68. The third-order valence-corrected chi connectivity index (χ3v) is 8.21. The zero-order chi connectivity index (χ0) is 23.7. The van der Waals surface area contributed by atoms with Crippen LogP contribution in [0.15, 0.2) is 0 Å². The van der Waals surface area contributed by atoms with E-state index in [2.05, 4.69) is 0 Å². The van der Waals surface area contributed by atoms with Crippen molar-refractivity contribution in [2.45, 2.75) is 95.5 Å². The van der Waals surface area contributed by atoms with Gasteiger partial charge in [0, 0.05) is 5.41 Å². The molecule has 0 radical (unpaired) electrons. The lowest BCUT2D eigenvalue weighted by atomic mass is 9.49. The summed E-state index contributed by atoms with van der Waals surface area (Å²) >= 11 is 0. The van der Waals surface area contributed by atoms with E-state index in [0.29, 0.717) is 25.7 Å². The van der Waals surface area contributed by atoms with Gasteiger partial charge in [-0.15, -0.1) is 0 Å². The molecule has 5 rings (SSSR count). The topological polar surface area (TPSA) is 65.0 Å². The monoisotopic (exact) mass is 470 g/mol. The Morgan fingerprint density at radius 3 is 2.03 bits per heavy atom. The highest BCUT2D eigenvalue weighted by molar-refractivity contribution is 5.71. The lowest BCUT2D eigenvalue weighted by Crippen LogP contribution is -2.77. The van der Waals surface area contributed by atoms with Crippen LogP contribution in [0.5, 0.6) is 0 Å². The summed E-state index contributed by atoms with van der Waals surface area (Å²) in [7, 11) is 0. The number of rotatable bonds is 5. The Bertz CT molecular complexity index is 720. The fourth-order valence-electron chi connectivity index (χ4n) is 6.53. The number of alkyl halides is 5. The molecule has 1 saturated heterocycles. The number of hydrogen-bond donors (Lipinski definition) is 1. The summed E-state index contributed by atoms with van der Waals surface area (Å²) in [5.74, 6) is -10.3. The Labute approximate surface area is 184 Å². The van der Waals surface area contributed by atoms with Crippen LogP contribution < -0.4 is 0 Å². The van der Waals surface area contributed by atoms with Crippen molar-refractivity contribution in [3.05, 3.63) is 0 Å². The summed E-state index contributed by atoms with van der Waals surface area (Å²) in [6.07, 6.45) is -2.68. The molecule has 0 aromatic rings. The molecule has 5 aliphatic rings. The number of esters is 1. The number of ether oxygens (including phenoxy) is 3. The van der Waals surface area contributed by atoms with Crippen LogP contribution in [0, 0.1) is 29.1 Å². The van der Waals surface area contributed by atoms with Gasteiger partial charge in [0.05, 0.1) is 5.92 Å². The lowest BCUT2D eigenvalue weighted by Gasteiger charge is -2.62. The van der Waals surface area contributed by atoms with Gasteiger partial charge < -0.3 is 19.3 Å².